The highest BCUT2D eigenvalue weighted by Crippen LogP contribution is 2.39. The first-order valence-corrected chi connectivity index (χ1v) is 15.3. The summed E-state index contributed by atoms with van der Waals surface area (Å²) in [5, 5.41) is 26.3. The first kappa shape index (κ1) is 30.5. The predicted molar refractivity (Wildman–Crippen MR) is 168 cm³/mol. The molecule has 2 fully saturated rings. The van der Waals surface area contributed by atoms with Gasteiger partial charge < -0.3 is 36.3 Å². The number of aliphatic hydroxyl groups is 2. The van der Waals surface area contributed by atoms with E-state index >= 15 is 0 Å². The minimum Gasteiger partial charge on any atom is -0.397 e. The predicted octanol–water partition coefficient (Wildman–Crippen LogP) is 4.20. The van der Waals surface area contributed by atoms with E-state index in [2.05, 4.69) is 73.0 Å². The van der Waals surface area contributed by atoms with Gasteiger partial charge in [0, 0.05) is 31.4 Å². The topological polar surface area (TPSA) is 148 Å². The zero-order chi connectivity index (χ0) is 30.3. The molecule has 5 rings (SSSR count). The van der Waals surface area contributed by atoms with Crippen LogP contribution in [0.1, 0.15) is 77.7 Å². The summed E-state index contributed by atoms with van der Waals surface area (Å²) in [6, 6.07) is 7.08. The molecule has 1 saturated carbocycles. The van der Waals surface area contributed by atoms with Gasteiger partial charge in [0.2, 0.25) is 0 Å². The van der Waals surface area contributed by atoms with E-state index in [4.69, 9.17) is 16.2 Å². The van der Waals surface area contributed by atoms with Gasteiger partial charge in [-0.15, -0.1) is 0 Å². The molecule has 4 unspecified atom stereocenters. The molecule has 1 aliphatic heterocycles. The number of hydrogen-bond donors (Lipinski definition) is 5. The summed E-state index contributed by atoms with van der Waals surface area (Å²) in [4.78, 5) is 10.9. The molecule has 4 atom stereocenters. The zero-order valence-electron chi connectivity index (χ0n) is 25.9. The van der Waals surface area contributed by atoms with E-state index in [-0.39, 0.29) is 5.41 Å². The molecule has 1 aromatic carbocycles. The van der Waals surface area contributed by atoms with Gasteiger partial charge in [0.05, 0.1) is 16.8 Å². The highest BCUT2D eigenvalue weighted by Gasteiger charge is 2.46. The normalized spacial score (nSPS) is 26.3. The van der Waals surface area contributed by atoms with Crippen LogP contribution in [0.5, 0.6) is 0 Å². The molecule has 1 saturated heterocycles. The van der Waals surface area contributed by atoms with Crippen LogP contribution in [0, 0.1) is 12.8 Å². The Morgan fingerprint density at radius 2 is 1.88 bits per heavy atom. The number of anilines is 3. The number of fused-ring (bicyclic) bond motifs is 1. The molecular formula is C32H49N7O3. The fourth-order valence-corrected chi connectivity index (χ4v) is 6.60. The van der Waals surface area contributed by atoms with Gasteiger partial charge in [-0.1, -0.05) is 26.8 Å². The third-order valence-electron chi connectivity index (χ3n) is 9.20. The Morgan fingerprint density at radius 1 is 1.14 bits per heavy atom. The summed E-state index contributed by atoms with van der Waals surface area (Å²) in [6.45, 7) is 14.4. The molecule has 7 N–H and O–H groups in total. The van der Waals surface area contributed by atoms with E-state index in [1.165, 1.54) is 18.3 Å². The van der Waals surface area contributed by atoms with Crippen molar-refractivity contribution in [1.82, 2.24) is 19.4 Å². The molecule has 2 aromatic heterocycles. The van der Waals surface area contributed by atoms with E-state index in [1.54, 1.807) is 4.57 Å². The summed E-state index contributed by atoms with van der Waals surface area (Å²) in [5.74, 6) is 1.08. The molecule has 10 nitrogen and oxygen atoms in total. The van der Waals surface area contributed by atoms with Crippen LogP contribution in [0.15, 0.2) is 30.7 Å². The monoisotopic (exact) mass is 579 g/mol. The Balaban J connectivity index is 1.12. The average molecular weight is 580 g/mol. The average Bonchev–Trinajstić information content (AvgIpc) is 3.38. The van der Waals surface area contributed by atoms with Crippen LogP contribution in [-0.2, 0) is 10.2 Å². The number of nitrogens with one attached hydrogen (secondary N) is 1. The number of benzene rings is 1. The summed E-state index contributed by atoms with van der Waals surface area (Å²) in [5.41, 5.74) is 17.0. The van der Waals surface area contributed by atoms with Crippen LogP contribution >= 0.6 is 0 Å². The van der Waals surface area contributed by atoms with Gasteiger partial charge in [-0.3, -0.25) is 4.90 Å². The second-order valence-corrected chi connectivity index (χ2v) is 13.6. The number of hydrogen-bond acceptors (Lipinski definition) is 9. The lowest BCUT2D eigenvalue weighted by atomic mass is 9.76. The third-order valence-corrected chi connectivity index (χ3v) is 9.20. The zero-order valence-corrected chi connectivity index (χ0v) is 25.9. The Labute approximate surface area is 249 Å². The van der Waals surface area contributed by atoms with Crippen molar-refractivity contribution in [2.75, 3.05) is 29.9 Å². The lowest BCUT2D eigenvalue weighted by Gasteiger charge is -2.46. The number of nitrogens with two attached hydrogens (primary N) is 2. The fourth-order valence-electron chi connectivity index (χ4n) is 6.60. The van der Waals surface area contributed by atoms with Crippen LogP contribution < -0.4 is 16.8 Å². The lowest BCUT2D eigenvalue weighted by molar-refractivity contribution is -0.0619. The summed E-state index contributed by atoms with van der Waals surface area (Å²) in [6.07, 6.45) is 4.47. The maximum atomic E-state index is 11.0. The van der Waals surface area contributed by atoms with Gasteiger partial charge in [-0.2, -0.15) is 0 Å². The molecule has 3 aromatic rings. The SMILES string of the molecule is Cc1cn(C2OC(CN(C(C)C)C3CC(CCCNc4ccc(C(C)(C)C)cc4N)C3)C(O)C2O)c2ncnc(N)c12. The summed E-state index contributed by atoms with van der Waals surface area (Å²) in [7, 11) is 0. The van der Waals surface area contributed by atoms with Crippen molar-refractivity contribution in [3.05, 3.63) is 41.9 Å². The molecule has 42 heavy (non-hydrogen) atoms. The van der Waals surface area contributed by atoms with Gasteiger partial charge in [0.1, 0.15) is 36.1 Å². The van der Waals surface area contributed by atoms with Gasteiger partial charge in [-0.25, -0.2) is 9.97 Å². The van der Waals surface area contributed by atoms with E-state index in [9.17, 15) is 10.2 Å². The van der Waals surface area contributed by atoms with Gasteiger partial charge in [0.25, 0.3) is 0 Å². The van der Waals surface area contributed by atoms with Crippen molar-refractivity contribution in [2.24, 2.45) is 5.92 Å². The molecule has 2 aliphatic rings. The van der Waals surface area contributed by atoms with Crippen molar-refractivity contribution in [1.29, 1.82) is 0 Å². The number of nitrogens with zero attached hydrogens (tertiary/aromatic N) is 4. The van der Waals surface area contributed by atoms with Crippen LogP contribution in [0.25, 0.3) is 11.0 Å². The first-order chi connectivity index (χ1) is 19.8. The smallest absolute Gasteiger partial charge is 0.164 e. The van der Waals surface area contributed by atoms with Crippen molar-refractivity contribution in [2.45, 2.75) is 109 Å². The van der Waals surface area contributed by atoms with Crippen molar-refractivity contribution in [3.8, 4) is 0 Å². The Kier molecular flexibility index (Phi) is 8.72. The number of aromatic nitrogens is 3. The quantitative estimate of drug-likeness (QED) is 0.176. The first-order valence-electron chi connectivity index (χ1n) is 15.3. The van der Waals surface area contributed by atoms with Crippen LogP contribution in [0.3, 0.4) is 0 Å². The van der Waals surface area contributed by atoms with Gasteiger partial charge in [0.15, 0.2) is 6.23 Å². The molecular weight excluding hydrogens is 530 g/mol. The summed E-state index contributed by atoms with van der Waals surface area (Å²) >= 11 is 0. The molecule has 0 amide bonds. The number of aryl methyl sites for hydroxylation is 1. The second kappa shape index (κ2) is 12.0. The van der Waals surface area contributed by atoms with E-state index in [0.29, 0.717) is 36.0 Å². The van der Waals surface area contributed by atoms with Crippen molar-refractivity contribution < 1.29 is 14.9 Å². The number of ether oxygens (including phenoxy) is 1. The third kappa shape index (κ3) is 6.08. The van der Waals surface area contributed by atoms with Crippen LogP contribution in [0.2, 0.25) is 0 Å². The number of aliphatic hydroxyl groups excluding tert-OH is 2. The molecule has 0 bridgehead atoms. The molecule has 0 spiro atoms. The second-order valence-electron chi connectivity index (χ2n) is 13.6. The molecule has 3 heterocycles. The molecule has 230 valence electrons. The lowest BCUT2D eigenvalue weighted by Crippen LogP contribution is -2.52. The Morgan fingerprint density at radius 3 is 2.55 bits per heavy atom. The van der Waals surface area contributed by atoms with Gasteiger partial charge in [-0.05, 0) is 81.0 Å². The fraction of sp³-hybridized carbons (Fsp3) is 0.625. The molecule has 1 aliphatic carbocycles. The Bertz CT molecular complexity index is 1380. The highest BCUT2D eigenvalue weighted by molar-refractivity contribution is 5.89. The Hall–Kier alpha value is -2.92. The minimum atomic E-state index is -1.07. The maximum absolute atomic E-state index is 11.0. The van der Waals surface area contributed by atoms with E-state index in [1.807, 2.05) is 13.1 Å². The van der Waals surface area contributed by atoms with Crippen molar-refractivity contribution in [3.63, 3.8) is 0 Å². The van der Waals surface area contributed by atoms with E-state index in [0.717, 1.165) is 48.1 Å². The number of rotatable bonds is 10. The molecule has 0 radical (unpaired) electrons. The number of nitrogen functional groups attached to an aromatic ring is 2. The highest BCUT2D eigenvalue weighted by atomic mass is 16.6. The van der Waals surface area contributed by atoms with Crippen LogP contribution in [-0.4, -0.2) is 73.1 Å². The maximum Gasteiger partial charge on any atom is 0.164 e. The molecule has 10 heteroatoms. The van der Waals surface area contributed by atoms with Crippen LogP contribution in [0.4, 0.5) is 17.2 Å². The minimum absolute atomic E-state index is 0.0851. The summed E-state index contributed by atoms with van der Waals surface area (Å²) < 4.78 is 8.09. The van der Waals surface area contributed by atoms with Crippen molar-refractivity contribution >= 4 is 28.2 Å². The standard InChI is InChI=1S/C32H49N7O3/c1-18(2)38(22-12-20(13-22)8-7-11-35-24-10-9-21(14-23(24)33)32(4,5)6)16-25-27(40)28(41)31(42-25)39-15-19(3)26-29(34)36-17-37-30(26)39/h9-10,14-15,17-18,20,22,25,27-28,31,35,40-41H,7-8,11-13,16,33H2,1-6H3,(H2,34,36,37). The van der Waals surface area contributed by atoms with E-state index < -0.39 is 24.5 Å². The van der Waals surface area contributed by atoms with Gasteiger partial charge >= 0.3 is 0 Å². The largest absolute Gasteiger partial charge is 0.397 e.